The quantitative estimate of drug-likeness (QED) is 0.803. The molecular formula is C14H16N2O3. The number of carbonyl (C=O) groups is 2. The van der Waals surface area contributed by atoms with Crippen LogP contribution in [0.25, 0.3) is 0 Å². The van der Waals surface area contributed by atoms with Crippen LogP contribution in [0.1, 0.15) is 23.7 Å². The third-order valence-corrected chi connectivity index (χ3v) is 3.12. The van der Waals surface area contributed by atoms with Crippen LogP contribution in [0.2, 0.25) is 0 Å². The average Bonchev–Trinajstić information content (AvgIpc) is 2.39. The summed E-state index contributed by atoms with van der Waals surface area (Å²) < 4.78 is 0. The van der Waals surface area contributed by atoms with Crippen LogP contribution < -0.4 is 5.32 Å². The molecule has 2 N–H and O–H groups in total. The van der Waals surface area contributed by atoms with Crippen LogP contribution in [0, 0.1) is 0 Å². The zero-order valence-corrected chi connectivity index (χ0v) is 10.7. The highest BCUT2D eigenvalue weighted by Crippen LogP contribution is 2.17. The number of carboxylic acid groups (broad SMARTS) is 1. The van der Waals surface area contributed by atoms with Gasteiger partial charge in [-0.2, -0.15) is 0 Å². The number of urea groups is 1. The van der Waals surface area contributed by atoms with Gasteiger partial charge in [0.25, 0.3) is 0 Å². The Kier molecular flexibility index (Phi) is 3.85. The molecule has 0 saturated heterocycles. The number of benzene rings is 1. The minimum Gasteiger partial charge on any atom is -0.478 e. The Morgan fingerprint density at radius 2 is 2.05 bits per heavy atom. The van der Waals surface area contributed by atoms with Crippen molar-refractivity contribution in [2.45, 2.75) is 13.3 Å². The molecule has 0 saturated carbocycles. The monoisotopic (exact) mass is 260 g/mol. The fourth-order valence-electron chi connectivity index (χ4n) is 1.93. The molecule has 1 aromatic carbocycles. The third kappa shape index (κ3) is 3.13. The minimum atomic E-state index is -1.05. The molecule has 0 aliphatic carbocycles. The number of hydrogen-bond acceptors (Lipinski definition) is 2. The number of carboxylic acids is 1. The third-order valence-electron chi connectivity index (χ3n) is 3.12. The van der Waals surface area contributed by atoms with Gasteiger partial charge in [0.05, 0.1) is 11.3 Å². The Bertz CT molecular complexity index is 537. The van der Waals surface area contributed by atoms with Crippen LogP contribution >= 0.6 is 0 Å². The van der Waals surface area contributed by atoms with Crippen molar-refractivity contribution in [3.63, 3.8) is 0 Å². The summed E-state index contributed by atoms with van der Waals surface area (Å²) in [5.41, 5.74) is 1.70. The molecule has 5 nitrogen and oxygen atoms in total. The van der Waals surface area contributed by atoms with E-state index in [1.165, 1.54) is 11.6 Å². The van der Waals surface area contributed by atoms with Gasteiger partial charge in [-0.25, -0.2) is 9.59 Å². The summed E-state index contributed by atoms with van der Waals surface area (Å²) in [6.07, 6.45) is 2.86. The first-order valence-corrected chi connectivity index (χ1v) is 6.12. The first-order chi connectivity index (χ1) is 9.08. The van der Waals surface area contributed by atoms with Gasteiger partial charge in [0.2, 0.25) is 0 Å². The lowest BCUT2D eigenvalue weighted by Crippen LogP contribution is -2.38. The number of nitrogens with one attached hydrogen (secondary N) is 1. The van der Waals surface area contributed by atoms with Crippen molar-refractivity contribution in [1.29, 1.82) is 0 Å². The van der Waals surface area contributed by atoms with Crippen molar-refractivity contribution < 1.29 is 14.7 Å². The van der Waals surface area contributed by atoms with E-state index in [1.54, 1.807) is 23.1 Å². The van der Waals surface area contributed by atoms with E-state index in [2.05, 4.69) is 5.32 Å². The summed E-state index contributed by atoms with van der Waals surface area (Å²) >= 11 is 0. The lowest BCUT2D eigenvalue weighted by atomic mass is 10.1. The van der Waals surface area contributed by atoms with E-state index in [0.29, 0.717) is 18.8 Å². The summed E-state index contributed by atoms with van der Waals surface area (Å²) in [4.78, 5) is 24.7. The van der Waals surface area contributed by atoms with Gasteiger partial charge >= 0.3 is 12.0 Å². The SMILES string of the molecule is CC1=CCN(C(=O)Nc2ccccc2C(=O)O)CC1. The van der Waals surface area contributed by atoms with Gasteiger partial charge in [-0.1, -0.05) is 23.8 Å². The number of aromatic carboxylic acids is 1. The fraction of sp³-hybridized carbons (Fsp3) is 0.286. The van der Waals surface area contributed by atoms with E-state index in [0.717, 1.165) is 6.42 Å². The number of para-hydroxylation sites is 1. The standard InChI is InChI=1S/C14H16N2O3/c1-10-6-8-16(9-7-10)14(19)15-12-5-3-2-4-11(12)13(17)18/h2-6H,7-9H2,1H3,(H,15,19)(H,17,18). The molecular weight excluding hydrogens is 244 g/mol. The molecule has 0 aromatic heterocycles. The molecule has 5 heteroatoms. The number of nitrogens with zero attached hydrogens (tertiary/aromatic N) is 1. The Labute approximate surface area is 111 Å². The summed E-state index contributed by atoms with van der Waals surface area (Å²) in [7, 11) is 0. The second-order valence-electron chi connectivity index (χ2n) is 4.53. The Morgan fingerprint density at radius 3 is 2.68 bits per heavy atom. The molecule has 100 valence electrons. The predicted molar refractivity (Wildman–Crippen MR) is 72.4 cm³/mol. The number of anilines is 1. The van der Waals surface area contributed by atoms with Crippen molar-refractivity contribution in [3.8, 4) is 0 Å². The highest BCUT2D eigenvalue weighted by Gasteiger charge is 2.18. The Morgan fingerprint density at radius 1 is 1.32 bits per heavy atom. The van der Waals surface area contributed by atoms with Crippen LogP contribution in [0.15, 0.2) is 35.9 Å². The van der Waals surface area contributed by atoms with Crippen molar-refractivity contribution in [2.75, 3.05) is 18.4 Å². The molecule has 0 bridgehead atoms. The largest absolute Gasteiger partial charge is 0.478 e. The van der Waals surface area contributed by atoms with Crippen LogP contribution in [0.5, 0.6) is 0 Å². The number of amides is 2. The molecule has 1 aliphatic rings. The van der Waals surface area contributed by atoms with Crippen LogP contribution in [0.4, 0.5) is 10.5 Å². The second-order valence-corrected chi connectivity index (χ2v) is 4.53. The van der Waals surface area contributed by atoms with Gasteiger partial charge in [0.15, 0.2) is 0 Å². The zero-order chi connectivity index (χ0) is 13.8. The Balaban J connectivity index is 2.09. The highest BCUT2D eigenvalue weighted by atomic mass is 16.4. The van der Waals surface area contributed by atoms with E-state index >= 15 is 0 Å². The van der Waals surface area contributed by atoms with Crippen molar-refractivity contribution >= 4 is 17.7 Å². The van der Waals surface area contributed by atoms with Crippen LogP contribution in [-0.4, -0.2) is 35.1 Å². The summed E-state index contributed by atoms with van der Waals surface area (Å²) in [6, 6.07) is 6.12. The summed E-state index contributed by atoms with van der Waals surface area (Å²) in [6.45, 7) is 3.26. The number of carbonyl (C=O) groups excluding carboxylic acids is 1. The molecule has 0 spiro atoms. The maximum absolute atomic E-state index is 12.0. The number of hydrogen-bond donors (Lipinski definition) is 2. The smallest absolute Gasteiger partial charge is 0.337 e. The minimum absolute atomic E-state index is 0.0968. The molecule has 2 amide bonds. The van der Waals surface area contributed by atoms with Gasteiger partial charge in [-0.05, 0) is 25.5 Å². The van der Waals surface area contributed by atoms with E-state index in [9.17, 15) is 9.59 Å². The van der Waals surface area contributed by atoms with Crippen molar-refractivity contribution in [2.24, 2.45) is 0 Å². The lowest BCUT2D eigenvalue weighted by Gasteiger charge is -2.25. The average molecular weight is 260 g/mol. The summed E-state index contributed by atoms with van der Waals surface area (Å²) in [5, 5.41) is 11.7. The zero-order valence-electron chi connectivity index (χ0n) is 10.7. The molecule has 0 atom stereocenters. The molecule has 2 rings (SSSR count). The second kappa shape index (κ2) is 5.56. The van der Waals surface area contributed by atoms with Gasteiger partial charge in [-0.15, -0.1) is 0 Å². The maximum atomic E-state index is 12.0. The van der Waals surface area contributed by atoms with E-state index in [-0.39, 0.29) is 11.6 Å². The van der Waals surface area contributed by atoms with Crippen molar-refractivity contribution in [1.82, 2.24) is 4.90 Å². The molecule has 1 heterocycles. The molecule has 1 aromatic rings. The number of rotatable bonds is 2. The van der Waals surface area contributed by atoms with E-state index in [4.69, 9.17) is 5.11 Å². The molecule has 0 fully saturated rings. The first-order valence-electron chi connectivity index (χ1n) is 6.12. The fourth-order valence-corrected chi connectivity index (χ4v) is 1.93. The highest BCUT2D eigenvalue weighted by molar-refractivity contribution is 6.00. The normalized spacial score (nSPS) is 14.8. The first kappa shape index (κ1) is 13.1. The summed E-state index contributed by atoms with van der Waals surface area (Å²) in [5.74, 6) is -1.05. The predicted octanol–water partition coefficient (Wildman–Crippen LogP) is 2.57. The molecule has 0 unspecified atom stereocenters. The topological polar surface area (TPSA) is 69.6 Å². The molecule has 1 aliphatic heterocycles. The molecule has 0 radical (unpaired) electrons. The van der Waals surface area contributed by atoms with Crippen molar-refractivity contribution in [3.05, 3.63) is 41.5 Å². The maximum Gasteiger partial charge on any atom is 0.337 e. The lowest BCUT2D eigenvalue weighted by molar-refractivity contribution is 0.0698. The van der Waals surface area contributed by atoms with Gasteiger partial charge in [-0.3, -0.25) is 0 Å². The van der Waals surface area contributed by atoms with E-state index in [1.807, 2.05) is 13.0 Å². The van der Waals surface area contributed by atoms with Crippen LogP contribution in [0.3, 0.4) is 0 Å². The van der Waals surface area contributed by atoms with Gasteiger partial charge < -0.3 is 15.3 Å². The molecule has 19 heavy (non-hydrogen) atoms. The Hall–Kier alpha value is -2.30. The van der Waals surface area contributed by atoms with E-state index < -0.39 is 5.97 Å². The van der Waals surface area contributed by atoms with Gasteiger partial charge in [0.1, 0.15) is 0 Å². The van der Waals surface area contributed by atoms with Gasteiger partial charge in [0, 0.05) is 13.1 Å². The van der Waals surface area contributed by atoms with Crippen LogP contribution in [-0.2, 0) is 0 Å².